The fourth-order valence-corrected chi connectivity index (χ4v) is 6.79. The monoisotopic (exact) mass is 516 g/mol. The molecule has 10 heteroatoms. The largest absolute Gasteiger partial charge is 0.497 e. The third-order valence-electron chi connectivity index (χ3n) is 7.15. The van der Waals surface area contributed by atoms with Gasteiger partial charge in [0.2, 0.25) is 15.9 Å². The number of fused-ring (bicyclic) bond motifs is 1. The van der Waals surface area contributed by atoms with Crippen LogP contribution in [0.25, 0.3) is 0 Å². The Kier molecular flexibility index (Phi) is 8.81. The second kappa shape index (κ2) is 12.0. The molecule has 1 aromatic carbocycles. The second-order valence-corrected chi connectivity index (χ2v) is 11.3. The first-order chi connectivity index (χ1) is 17.4. The van der Waals surface area contributed by atoms with E-state index in [1.807, 2.05) is 12.1 Å². The SMILES string of the molecule is COc1ccc(OC)c(S(=O)(=O)N2CCC3C(=O)NCCCCCCN(Cc4ccncc4)C3C2)c1. The summed E-state index contributed by atoms with van der Waals surface area (Å²) in [4.78, 5) is 19.7. The minimum Gasteiger partial charge on any atom is -0.497 e. The molecule has 2 aliphatic heterocycles. The highest BCUT2D eigenvalue weighted by atomic mass is 32.2. The Labute approximate surface area is 213 Å². The Bertz CT molecular complexity index is 1130. The van der Waals surface area contributed by atoms with E-state index in [1.165, 1.54) is 24.6 Å². The van der Waals surface area contributed by atoms with Gasteiger partial charge in [0.1, 0.15) is 16.4 Å². The van der Waals surface area contributed by atoms with E-state index in [0.29, 0.717) is 25.3 Å². The van der Waals surface area contributed by atoms with Crippen molar-refractivity contribution in [1.82, 2.24) is 19.5 Å². The van der Waals surface area contributed by atoms with E-state index in [2.05, 4.69) is 15.2 Å². The predicted molar refractivity (Wildman–Crippen MR) is 136 cm³/mol. The molecule has 36 heavy (non-hydrogen) atoms. The van der Waals surface area contributed by atoms with E-state index < -0.39 is 10.0 Å². The van der Waals surface area contributed by atoms with Gasteiger partial charge in [0.05, 0.1) is 20.1 Å². The summed E-state index contributed by atoms with van der Waals surface area (Å²) in [5.74, 6) is 0.436. The van der Waals surface area contributed by atoms with Crippen molar-refractivity contribution in [2.45, 2.75) is 49.6 Å². The summed E-state index contributed by atoms with van der Waals surface area (Å²) in [6, 6.07) is 8.47. The van der Waals surface area contributed by atoms with Gasteiger partial charge in [0.15, 0.2) is 0 Å². The van der Waals surface area contributed by atoms with Crippen molar-refractivity contribution in [3.8, 4) is 11.5 Å². The van der Waals surface area contributed by atoms with E-state index in [9.17, 15) is 13.2 Å². The van der Waals surface area contributed by atoms with Crippen LogP contribution in [0.1, 0.15) is 37.7 Å². The highest BCUT2D eigenvalue weighted by Crippen LogP contribution is 2.34. The minimum absolute atomic E-state index is 0.0117. The van der Waals surface area contributed by atoms with Crippen molar-refractivity contribution in [2.75, 3.05) is 40.4 Å². The molecular formula is C26H36N4O5S. The zero-order valence-corrected chi connectivity index (χ0v) is 21.9. The third-order valence-corrected chi connectivity index (χ3v) is 9.03. The number of hydrogen-bond donors (Lipinski definition) is 1. The summed E-state index contributed by atoms with van der Waals surface area (Å²) < 4.78 is 39.9. The van der Waals surface area contributed by atoms with E-state index in [4.69, 9.17) is 9.47 Å². The van der Waals surface area contributed by atoms with Crippen LogP contribution in [0.3, 0.4) is 0 Å². The van der Waals surface area contributed by atoms with Crippen LogP contribution in [0, 0.1) is 5.92 Å². The van der Waals surface area contributed by atoms with Crippen LogP contribution in [0.4, 0.5) is 0 Å². The molecule has 2 saturated heterocycles. The van der Waals surface area contributed by atoms with Crippen molar-refractivity contribution in [1.29, 1.82) is 0 Å². The number of benzene rings is 1. The summed E-state index contributed by atoms with van der Waals surface area (Å²) >= 11 is 0. The number of aromatic nitrogens is 1. The number of ether oxygens (including phenoxy) is 2. The predicted octanol–water partition coefficient (Wildman–Crippen LogP) is 2.67. The number of rotatable bonds is 6. The summed E-state index contributed by atoms with van der Waals surface area (Å²) in [7, 11) is -0.928. The zero-order valence-electron chi connectivity index (χ0n) is 21.1. The molecule has 2 atom stereocenters. The average Bonchev–Trinajstić information content (AvgIpc) is 2.94. The maximum absolute atomic E-state index is 13.9. The Morgan fingerprint density at radius 1 is 1.03 bits per heavy atom. The molecule has 9 nitrogen and oxygen atoms in total. The molecule has 0 spiro atoms. The highest BCUT2D eigenvalue weighted by Gasteiger charge is 2.42. The van der Waals surface area contributed by atoms with Crippen molar-refractivity contribution in [2.24, 2.45) is 5.92 Å². The molecule has 3 heterocycles. The normalized spacial score (nSPS) is 22.7. The van der Waals surface area contributed by atoms with Gasteiger partial charge in [0, 0.05) is 50.7 Å². The lowest BCUT2D eigenvalue weighted by Crippen LogP contribution is -2.57. The summed E-state index contributed by atoms with van der Waals surface area (Å²) in [6.07, 6.45) is 8.08. The standard InChI is InChI=1S/C26H36N4O5S/c1-34-21-7-8-24(35-2)25(17-21)36(32,33)30-16-11-22-23(19-30)29(18-20-9-13-27-14-10-20)15-6-4-3-5-12-28-26(22)31/h7-10,13-14,17,22-23H,3-6,11-12,15-16,18-19H2,1-2H3,(H,28,31). The molecule has 0 bridgehead atoms. The first-order valence-electron chi connectivity index (χ1n) is 12.6. The van der Waals surface area contributed by atoms with E-state index in [1.54, 1.807) is 24.5 Å². The van der Waals surface area contributed by atoms with Crippen molar-refractivity contribution in [3.63, 3.8) is 0 Å². The minimum atomic E-state index is -3.89. The Morgan fingerprint density at radius 2 is 1.81 bits per heavy atom. The molecule has 1 N–H and O–H groups in total. The molecular weight excluding hydrogens is 480 g/mol. The molecule has 2 aromatic rings. The summed E-state index contributed by atoms with van der Waals surface area (Å²) in [5, 5.41) is 3.10. The van der Waals surface area contributed by atoms with Crippen LogP contribution in [-0.4, -0.2) is 75.0 Å². The first-order valence-corrected chi connectivity index (χ1v) is 14.0. The molecule has 0 aliphatic carbocycles. The van der Waals surface area contributed by atoms with Crippen LogP contribution in [-0.2, 0) is 21.4 Å². The first kappa shape index (κ1) is 26.4. The third kappa shape index (κ3) is 5.99. The van der Waals surface area contributed by atoms with Crippen molar-refractivity contribution in [3.05, 3.63) is 48.3 Å². The number of nitrogens with one attached hydrogen (secondary N) is 1. The number of methoxy groups -OCH3 is 2. The van der Waals surface area contributed by atoms with Gasteiger partial charge in [-0.05, 0) is 55.6 Å². The topological polar surface area (TPSA) is 101 Å². The van der Waals surface area contributed by atoms with Gasteiger partial charge in [-0.1, -0.05) is 12.8 Å². The van der Waals surface area contributed by atoms with E-state index in [0.717, 1.165) is 37.8 Å². The van der Waals surface area contributed by atoms with Gasteiger partial charge in [-0.25, -0.2) is 8.42 Å². The molecule has 2 fully saturated rings. The maximum Gasteiger partial charge on any atom is 0.246 e. The molecule has 2 unspecified atom stereocenters. The quantitative estimate of drug-likeness (QED) is 0.630. The molecule has 1 aromatic heterocycles. The highest BCUT2D eigenvalue weighted by molar-refractivity contribution is 7.89. The molecule has 4 rings (SSSR count). The maximum atomic E-state index is 13.9. The number of carbonyl (C=O) groups is 1. The van der Waals surface area contributed by atoms with Gasteiger partial charge in [-0.2, -0.15) is 4.31 Å². The molecule has 2 aliphatic rings. The second-order valence-electron chi connectivity index (χ2n) is 9.37. The van der Waals surface area contributed by atoms with Crippen LogP contribution < -0.4 is 14.8 Å². The van der Waals surface area contributed by atoms with Gasteiger partial charge < -0.3 is 14.8 Å². The number of pyridine rings is 1. The molecule has 1 amide bonds. The summed E-state index contributed by atoms with van der Waals surface area (Å²) in [5.41, 5.74) is 1.09. The zero-order chi connectivity index (χ0) is 25.5. The molecule has 0 saturated carbocycles. The number of amides is 1. The lowest BCUT2D eigenvalue weighted by Gasteiger charge is -2.43. The Morgan fingerprint density at radius 3 is 2.56 bits per heavy atom. The average molecular weight is 517 g/mol. The van der Waals surface area contributed by atoms with Gasteiger partial charge in [0.25, 0.3) is 0 Å². The number of hydrogen-bond acceptors (Lipinski definition) is 7. The van der Waals surface area contributed by atoms with Crippen molar-refractivity contribution < 1.29 is 22.7 Å². The fourth-order valence-electron chi connectivity index (χ4n) is 5.14. The van der Waals surface area contributed by atoms with E-state index in [-0.39, 0.29) is 41.6 Å². The van der Waals surface area contributed by atoms with Crippen LogP contribution in [0.2, 0.25) is 0 Å². The van der Waals surface area contributed by atoms with Gasteiger partial charge in [-0.15, -0.1) is 0 Å². The molecule has 0 radical (unpaired) electrons. The van der Waals surface area contributed by atoms with Crippen molar-refractivity contribution >= 4 is 15.9 Å². The number of nitrogens with zero attached hydrogens (tertiary/aromatic N) is 3. The molecule has 196 valence electrons. The fraction of sp³-hybridized carbons (Fsp3) is 0.538. The van der Waals surface area contributed by atoms with Crippen LogP contribution in [0.15, 0.2) is 47.6 Å². The number of piperidine rings is 1. The van der Waals surface area contributed by atoms with Gasteiger partial charge in [-0.3, -0.25) is 14.7 Å². The van der Waals surface area contributed by atoms with E-state index >= 15 is 0 Å². The number of carbonyl (C=O) groups excluding carboxylic acids is 1. The lowest BCUT2D eigenvalue weighted by molar-refractivity contribution is -0.129. The Hall–Kier alpha value is -2.69. The summed E-state index contributed by atoms with van der Waals surface area (Å²) in [6.45, 7) is 2.59. The smallest absolute Gasteiger partial charge is 0.246 e. The number of sulfonamides is 1. The van der Waals surface area contributed by atoms with Gasteiger partial charge >= 0.3 is 0 Å². The lowest BCUT2D eigenvalue weighted by atomic mass is 9.90. The van der Waals surface area contributed by atoms with Crippen LogP contribution in [0.5, 0.6) is 11.5 Å². The Balaban J connectivity index is 1.67. The van der Waals surface area contributed by atoms with Crippen LogP contribution >= 0.6 is 0 Å².